The van der Waals surface area contributed by atoms with Gasteiger partial charge in [0.05, 0.1) is 18.2 Å². The number of hydrogen-bond acceptors (Lipinski definition) is 3. The number of hydrogen-bond donors (Lipinski definition) is 2. The highest BCUT2D eigenvalue weighted by Crippen LogP contribution is 2.20. The van der Waals surface area contributed by atoms with Crippen molar-refractivity contribution in [3.8, 4) is 0 Å². The third-order valence-electron chi connectivity index (χ3n) is 3.63. The lowest BCUT2D eigenvalue weighted by Crippen LogP contribution is -2.39. The van der Waals surface area contributed by atoms with Crippen LogP contribution in [0.25, 0.3) is 0 Å². The molecule has 2 aromatic carbocycles. The van der Waals surface area contributed by atoms with Crippen LogP contribution in [0.3, 0.4) is 0 Å². The molecule has 2 N–H and O–H groups in total. The molecule has 0 fully saturated rings. The monoisotopic (exact) mass is 315 g/mol. The van der Waals surface area contributed by atoms with Crippen LogP contribution < -0.4 is 5.32 Å². The van der Waals surface area contributed by atoms with Gasteiger partial charge in [-0.05, 0) is 42.9 Å². The van der Waals surface area contributed by atoms with Gasteiger partial charge in [0.15, 0.2) is 0 Å². The molecule has 0 aliphatic rings. The third kappa shape index (κ3) is 4.12. The van der Waals surface area contributed by atoms with Gasteiger partial charge in [-0.1, -0.05) is 36.4 Å². The zero-order valence-electron chi connectivity index (χ0n) is 12.9. The largest absolute Gasteiger partial charge is 0.394 e. The second kappa shape index (κ2) is 8.01. The molecule has 0 aliphatic carbocycles. The summed E-state index contributed by atoms with van der Waals surface area (Å²) in [6.07, 6.45) is 2.57. The second-order valence-electron chi connectivity index (χ2n) is 5.18. The number of benzene rings is 2. The van der Waals surface area contributed by atoms with Gasteiger partial charge in [-0.2, -0.15) is 0 Å². The Labute approximate surface area is 135 Å². The molecule has 1 unspecified atom stereocenters. The van der Waals surface area contributed by atoms with Gasteiger partial charge >= 0.3 is 0 Å². The molecule has 0 aromatic heterocycles. The average Bonchev–Trinajstić information content (AvgIpc) is 2.56. The fourth-order valence-electron chi connectivity index (χ4n) is 2.36. The standard InChI is InChI=1S/C18H21NO2S/c1-13-7-3-4-8-14(13)11-15(12-20)19-18(21)16-9-5-6-10-17(16)22-2/h3-10,15,20H,11-12H2,1-2H3,(H,19,21). The van der Waals surface area contributed by atoms with E-state index < -0.39 is 0 Å². The molecule has 0 aliphatic heterocycles. The molecule has 4 heteroatoms. The number of nitrogens with one attached hydrogen (secondary N) is 1. The molecule has 0 saturated heterocycles. The molecule has 1 atom stereocenters. The molecular formula is C18H21NO2S. The van der Waals surface area contributed by atoms with E-state index in [-0.39, 0.29) is 18.6 Å². The van der Waals surface area contributed by atoms with E-state index in [9.17, 15) is 9.90 Å². The highest BCUT2D eigenvalue weighted by molar-refractivity contribution is 7.98. The van der Waals surface area contributed by atoms with Gasteiger partial charge in [0.25, 0.3) is 5.91 Å². The molecule has 2 aromatic rings. The van der Waals surface area contributed by atoms with E-state index in [1.54, 1.807) is 11.8 Å². The van der Waals surface area contributed by atoms with Crippen molar-refractivity contribution < 1.29 is 9.90 Å². The molecule has 0 bridgehead atoms. The molecule has 1 amide bonds. The molecule has 0 heterocycles. The van der Waals surface area contributed by atoms with E-state index in [4.69, 9.17) is 0 Å². The van der Waals surface area contributed by atoms with Crippen molar-refractivity contribution in [2.45, 2.75) is 24.3 Å². The predicted molar refractivity (Wildman–Crippen MR) is 91.4 cm³/mol. The van der Waals surface area contributed by atoms with Gasteiger partial charge < -0.3 is 10.4 Å². The molecule has 116 valence electrons. The SMILES string of the molecule is CSc1ccccc1C(=O)NC(CO)Cc1ccccc1C. The second-order valence-corrected chi connectivity index (χ2v) is 6.03. The zero-order chi connectivity index (χ0) is 15.9. The van der Waals surface area contributed by atoms with Crippen LogP contribution in [0.15, 0.2) is 53.4 Å². The molecule has 0 saturated carbocycles. The van der Waals surface area contributed by atoms with Gasteiger partial charge in [-0.15, -0.1) is 11.8 Å². The summed E-state index contributed by atoms with van der Waals surface area (Å²) in [5.74, 6) is -0.141. The number of carbonyl (C=O) groups is 1. The minimum absolute atomic E-state index is 0.0818. The molecule has 0 radical (unpaired) electrons. The number of carbonyl (C=O) groups excluding carboxylic acids is 1. The average molecular weight is 315 g/mol. The van der Waals surface area contributed by atoms with Crippen LogP contribution in [-0.2, 0) is 6.42 Å². The van der Waals surface area contributed by atoms with Gasteiger partial charge in [0.1, 0.15) is 0 Å². The fourth-order valence-corrected chi connectivity index (χ4v) is 2.96. The Bertz CT molecular complexity index is 642. The van der Waals surface area contributed by atoms with Gasteiger partial charge in [-0.25, -0.2) is 0 Å². The minimum Gasteiger partial charge on any atom is -0.394 e. The Balaban J connectivity index is 2.10. The molecule has 22 heavy (non-hydrogen) atoms. The van der Waals surface area contributed by atoms with Crippen molar-refractivity contribution in [1.82, 2.24) is 5.32 Å². The smallest absolute Gasteiger partial charge is 0.252 e. The normalized spacial score (nSPS) is 12.0. The third-order valence-corrected chi connectivity index (χ3v) is 4.43. The van der Waals surface area contributed by atoms with Crippen molar-refractivity contribution in [2.24, 2.45) is 0 Å². The topological polar surface area (TPSA) is 49.3 Å². The van der Waals surface area contributed by atoms with Crippen LogP contribution in [0, 0.1) is 6.92 Å². The van der Waals surface area contributed by atoms with Crippen LogP contribution in [0.1, 0.15) is 21.5 Å². The van der Waals surface area contributed by atoms with Crippen molar-refractivity contribution >= 4 is 17.7 Å². The number of aliphatic hydroxyl groups excluding tert-OH is 1. The first kappa shape index (κ1) is 16.6. The number of thioether (sulfide) groups is 1. The lowest BCUT2D eigenvalue weighted by molar-refractivity contribution is 0.0913. The lowest BCUT2D eigenvalue weighted by Gasteiger charge is -2.18. The molecular weight excluding hydrogens is 294 g/mol. The molecule has 0 spiro atoms. The first-order chi connectivity index (χ1) is 10.7. The Hall–Kier alpha value is -1.78. The van der Waals surface area contributed by atoms with Crippen LogP contribution in [0.2, 0.25) is 0 Å². The van der Waals surface area contributed by atoms with E-state index in [2.05, 4.69) is 5.32 Å². The van der Waals surface area contributed by atoms with Crippen molar-refractivity contribution in [2.75, 3.05) is 12.9 Å². The maximum absolute atomic E-state index is 12.4. The fraction of sp³-hybridized carbons (Fsp3) is 0.278. The Morgan fingerprint density at radius 2 is 1.86 bits per heavy atom. The lowest BCUT2D eigenvalue weighted by atomic mass is 10.0. The first-order valence-electron chi connectivity index (χ1n) is 7.25. The van der Waals surface area contributed by atoms with E-state index in [0.29, 0.717) is 12.0 Å². The van der Waals surface area contributed by atoms with E-state index in [1.165, 1.54) is 5.56 Å². The Kier molecular flexibility index (Phi) is 6.04. The minimum atomic E-state index is -0.288. The Morgan fingerprint density at radius 1 is 1.18 bits per heavy atom. The van der Waals surface area contributed by atoms with Crippen molar-refractivity contribution in [3.63, 3.8) is 0 Å². The summed E-state index contributed by atoms with van der Waals surface area (Å²) in [5.41, 5.74) is 2.96. The zero-order valence-corrected chi connectivity index (χ0v) is 13.7. The van der Waals surface area contributed by atoms with Crippen LogP contribution >= 0.6 is 11.8 Å². The summed E-state index contributed by atoms with van der Waals surface area (Å²) in [5, 5.41) is 12.5. The molecule has 3 nitrogen and oxygen atoms in total. The van der Waals surface area contributed by atoms with Gasteiger partial charge in [0, 0.05) is 4.90 Å². The highest BCUT2D eigenvalue weighted by atomic mass is 32.2. The molecule has 2 rings (SSSR count). The van der Waals surface area contributed by atoms with Gasteiger partial charge in [0.2, 0.25) is 0 Å². The quantitative estimate of drug-likeness (QED) is 0.806. The van der Waals surface area contributed by atoms with Crippen LogP contribution in [-0.4, -0.2) is 29.9 Å². The summed E-state index contributed by atoms with van der Waals surface area (Å²) in [6, 6.07) is 15.2. The van der Waals surface area contributed by atoms with Crippen LogP contribution in [0.4, 0.5) is 0 Å². The number of amides is 1. The first-order valence-corrected chi connectivity index (χ1v) is 8.47. The Morgan fingerprint density at radius 3 is 2.55 bits per heavy atom. The van der Waals surface area contributed by atoms with E-state index in [1.807, 2.05) is 61.7 Å². The van der Waals surface area contributed by atoms with E-state index >= 15 is 0 Å². The summed E-state index contributed by atoms with van der Waals surface area (Å²) >= 11 is 1.54. The summed E-state index contributed by atoms with van der Waals surface area (Å²) in [6.45, 7) is 1.95. The summed E-state index contributed by atoms with van der Waals surface area (Å²) in [4.78, 5) is 13.4. The number of aryl methyl sites for hydroxylation is 1. The van der Waals surface area contributed by atoms with Crippen molar-refractivity contribution in [1.29, 1.82) is 0 Å². The van der Waals surface area contributed by atoms with Crippen LogP contribution in [0.5, 0.6) is 0 Å². The number of rotatable bonds is 6. The van der Waals surface area contributed by atoms with Gasteiger partial charge in [-0.3, -0.25) is 4.79 Å². The predicted octanol–water partition coefficient (Wildman–Crippen LogP) is 3.05. The maximum atomic E-state index is 12.4. The maximum Gasteiger partial charge on any atom is 0.252 e. The summed E-state index contributed by atoms with van der Waals surface area (Å²) < 4.78 is 0. The highest BCUT2D eigenvalue weighted by Gasteiger charge is 2.16. The van der Waals surface area contributed by atoms with E-state index in [0.717, 1.165) is 10.5 Å². The number of aliphatic hydroxyl groups is 1. The van der Waals surface area contributed by atoms with Crippen molar-refractivity contribution in [3.05, 3.63) is 65.2 Å². The summed E-state index contributed by atoms with van der Waals surface area (Å²) in [7, 11) is 0.